The molecule has 1 aromatic heterocycles. The molecule has 0 aliphatic carbocycles. The Hall–Kier alpha value is -2.04. The molecule has 17 heavy (non-hydrogen) atoms. The van der Waals surface area contributed by atoms with E-state index in [2.05, 4.69) is 15.2 Å². The predicted molar refractivity (Wildman–Crippen MR) is 61.1 cm³/mol. The Kier molecular flexibility index (Phi) is 2.44. The van der Waals surface area contributed by atoms with E-state index >= 15 is 0 Å². The molecule has 3 rings (SSSR count). The second-order valence-electron chi connectivity index (χ2n) is 3.86. The van der Waals surface area contributed by atoms with Gasteiger partial charge in [-0.25, -0.2) is 4.98 Å². The molecular weight excluding hydrogens is 218 g/mol. The van der Waals surface area contributed by atoms with Crippen molar-refractivity contribution >= 4 is 0 Å². The number of para-hydroxylation sites is 2. The predicted octanol–water partition coefficient (Wildman–Crippen LogP) is 1.88. The third-order valence-electron chi connectivity index (χ3n) is 2.68. The zero-order valence-corrected chi connectivity index (χ0v) is 9.51. The molecule has 2 aromatic rings. The first-order valence-corrected chi connectivity index (χ1v) is 5.66. The molecule has 0 saturated carbocycles. The van der Waals surface area contributed by atoms with Gasteiger partial charge < -0.3 is 9.47 Å². The molecule has 1 aromatic carbocycles. The van der Waals surface area contributed by atoms with Gasteiger partial charge in [-0.1, -0.05) is 19.1 Å². The zero-order chi connectivity index (χ0) is 11.7. The lowest BCUT2D eigenvalue weighted by Crippen LogP contribution is -2.22. The van der Waals surface area contributed by atoms with Gasteiger partial charge in [0.15, 0.2) is 23.4 Å². The maximum absolute atomic E-state index is 5.81. The fourth-order valence-electron chi connectivity index (χ4n) is 1.76. The lowest BCUT2D eigenvalue weighted by Gasteiger charge is -2.24. The molecule has 0 spiro atoms. The van der Waals surface area contributed by atoms with Gasteiger partial charge in [0.05, 0.1) is 0 Å². The fraction of sp³-hybridized carbons (Fsp3) is 0.333. The van der Waals surface area contributed by atoms with E-state index in [0.717, 1.165) is 23.7 Å². The van der Waals surface area contributed by atoms with Crippen LogP contribution in [-0.4, -0.2) is 21.8 Å². The minimum Gasteiger partial charge on any atom is -0.485 e. The highest BCUT2D eigenvalue weighted by Crippen LogP contribution is 2.34. The van der Waals surface area contributed by atoms with E-state index in [-0.39, 0.29) is 6.10 Å². The number of aromatic amines is 1. The Morgan fingerprint density at radius 2 is 2.18 bits per heavy atom. The minimum absolute atomic E-state index is 0.235. The SMILES string of the molecule is CCc1nc(C2COc3ccccc3O2)n[nH]1. The molecule has 5 heteroatoms. The Balaban J connectivity index is 1.84. The Morgan fingerprint density at radius 3 is 2.94 bits per heavy atom. The van der Waals surface area contributed by atoms with Crippen molar-refractivity contribution in [3.05, 3.63) is 35.9 Å². The molecule has 0 saturated heterocycles. The van der Waals surface area contributed by atoms with E-state index in [9.17, 15) is 0 Å². The van der Waals surface area contributed by atoms with Crippen molar-refractivity contribution in [1.29, 1.82) is 0 Å². The molecule has 1 aliphatic heterocycles. The summed E-state index contributed by atoms with van der Waals surface area (Å²) in [6.07, 6.45) is 0.596. The number of fused-ring (bicyclic) bond motifs is 1. The topological polar surface area (TPSA) is 60.0 Å². The molecule has 88 valence electrons. The summed E-state index contributed by atoms with van der Waals surface area (Å²) in [5.41, 5.74) is 0. The van der Waals surface area contributed by atoms with Crippen LogP contribution in [0, 0.1) is 0 Å². The Bertz CT molecular complexity index is 524. The summed E-state index contributed by atoms with van der Waals surface area (Å²) in [6, 6.07) is 7.61. The van der Waals surface area contributed by atoms with Crippen molar-refractivity contribution in [2.45, 2.75) is 19.4 Å². The molecule has 0 amide bonds. The Labute approximate surface area is 98.8 Å². The quantitative estimate of drug-likeness (QED) is 0.857. The number of ether oxygens (including phenoxy) is 2. The van der Waals surface area contributed by atoms with Crippen molar-refractivity contribution in [1.82, 2.24) is 15.2 Å². The normalized spacial score (nSPS) is 18.1. The molecule has 1 N–H and O–H groups in total. The molecule has 1 atom stereocenters. The molecule has 0 bridgehead atoms. The van der Waals surface area contributed by atoms with Crippen molar-refractivity contribution in [2.24, 2.45) is 0 Å². The first kappa shape index (κ1) is 10.1. The highest BCUT2D eigenvalue weighted by atomic mass is 16.6. The molecule has 0 fully saturated rings. The number of hydrogen-bond acceptors (Lipinski definition) is 4. The standard InChI is InChI=1S/C12H13N3O2/c1-2-11-13-12(15-14-11)10-7-16-8-5-3-4-6-9(8)17-10/h3-6,10H,2,7H2,1H3,(H,13,14,15). The number of nitrogens with one attached hydrogen (secondary N) is 1. The number of hydrogen-bond donors (Lipinski definition) is 1. The van der Waals surface area contributed by atoms with Crippen LogP contribution in [0.15, 0.2) is 24.3 Å². The summed E-state index contributed by atoms with van der Waals surface area (Å²) in [5.74, 6) is 3.03. The maximum Gasteiger partial charge on any atom is 0.194 e. The first-order valence-electron chi connectivity index (χ1n) is 5.66. The number of rotatable bonds is 2. The van der Waals surface area contributed by atoms with Crippen LogP contribution in [0.25, 0.3) is 0 Å². The highest BCUT2D eigenvalue weighted by Gasteiger charge is 2.25. The number of H-pyrrole nitrogens is 1. The molecule has 1 unspecified atom stereocenters. The van der Waals surface area contributed by atoms with Gasteiger partial charge in [-0.05, 0) is 12.1 Å². The maximum atomic E-state index is 5.81. The monoisotopic (exact) mass is 231 g/mol. The molecule has 0 radical (unpaired) electrons. The van der Waals surface area contributed by atoms with Gasteiger partial charge >= 0.3 is 0 Å². The molecule has 2 heterocycles. The Morgan fingerprint density at radius 1 is 1.35 bits per heavy atom. The van der Waals surface area contributed by atoms with Gasteiger partial charge in [-0.2, -0.15) is 5.10 Å². The average Bonchev–Trinajstić information content (AvgIpc) is 2.87. The molecular formula is C12H13N3O2. The zero-order valence-electron chi connectivity index (χ0n) is 9.51. The van der Waals surface area contributed by atoms with E-state index in [1.165, 1.54) is 0 Å². The van der Waals surface area contributed by atoms with Crippen LogP contribution in [0.3, 0.4) is 0 Å². The van der Waals surface area contributed by atoms with Gasteiger partial charge in [0.25, 0.3) is 0 Å². The number of benzene rings is 1. The molecule has 1 aliphatic rings. The van der Waals surface area contributed by atoms with Crippen molar-refractivity contribution in [2.75, 3.05) is 6.61 Å². The van der Waals surface area contributed by atoms with Gasteiger partial charge in [0.2, 0.25) is 0 Å². The summed E-state index contributed by atoms with van der Waals surface area (Å²) in [6.45, 7) is 2.47. The summed E-state index contributed by atoms with van der Waals surface area (Å²) in [4.78, 5) is 4.35. The summed E-state index contributed by atoms with van der Waals surface area (Å²) >= 11 is 0. The smallest absolute Gasteiger partial charge is 0.194 e. The van der Waals surface area contributed by atoms with Crippen LogP contribution in [0.4, 0.5) is 0 Å². The second kappa shape index (κ2) is 4.08. The van der Waals surface area contributed by atoms with E-state index in [4.69, 9.17) is 9.47 Å². The van der Waals surface area contributed by atoms with Gasteiger partial charge in [-0.3, -0.25) is 5.10 Å². The van der Waals surface area contributed by atoms with Crippen LogP contribution in [0.2, 0.25) is 0 Å². The van der Waals surface area contributed by atoms with Crippen molar-refractivity contribution in [3.8, 4) is 11.5 Å². The number of aromatic nitrogens is 3. The van der Waals surface area contributed by atoms with Crippen LogP contribution < -0.4 is 9.47 Å². The van der Waals surface area contributed by atoms with Gasteiger partial charge in [0, 0.05) is 6.42 Å². The van der Waals surface area contributed by atoms with Crippen LogP contribution >= 0.6 is 0 Å². The van der Waals surface area contributed by atoms with Crippen LogP contribution in [0.5, 0.6) is 11.5 Å². The fourth-order valence-corrected chi connectivity index (χ4v) is 1.76. The van der Waals surface area contributed by atoms with Crippen LogP contribution in [-0.2, 0) is 6.42 Å². The average molecular weight is 231 g/mol. The third kappa shape index (κ3) is 1.84. The van der Waals surface area contributed by atoms with Crippen molar-refractivity contribution < 1.29 is 9.47 Å². The summed E-state index contributed by atoms with van der Waals surface area (Å²) in [7, 11) is 0. The number of nitrogens with zero attached hydrogens (tertiary/aromatic N) is 2. The van der Waals surface area contributed by atoms with Crippen molar-refractivity contribution in [3.63, 3.8) is 0 Å². The van der Waals surface area contributed by atoms with E-state index < -0.39 is 0 Å². The number of aryl methyl sites for hydroxylation is 1. The van der Waals surface area contributed by atoms with E-state index in [1.54, 1.807) is 0 Å². The van der Waals surface area contributed by atoms with Gasteiger partial charge in [0.1, 0.15) is 12.4 Å². The lowest BCUT2D eigenvalue weighted by atomic mass is 10.2. The second-order valence-corrected chi connectivity index (χ2v) is 3.86. The van der Waals surface area contributed by atoms with E-state index in [1.807, 2.05) is 31.2 Å². The third-order valence-corrected chi connectivity index (χ3v) is 2.68. The first-order chi connectivity index (χ1) is 8.36. The minimum atomic E-state index is -0.235. The molecule has 5 nitrogen and oxygen atoms in total. The van der Waals surface area contributed by atoms with Crippen LogP contribution in [0.1, 0.15) is 24.7 Å². The summed E-state index contributed by atoms with van der Waals surface area (Å²) < 4.78 is 11.4. The summed E-state index contributed by atoms with van der Waals surface area (Å²) in [5, 5.41) is 7.02. The lowest BCUT2D eigenvalue weighted by molar-refractivity contribution is 0.0853. The largest absolute Gasteiger partial charge is 0.485 e. The van der Waals surface area contributed by atoms with E-state index in [0.29, 0.717) is 12.4 Å². The highest BCUT2D eigenvalue weighted by molar-refractivity contribution is 5.40. The van der Waals surface area contributed by atoms with Gasteiger partial charge in [-0.15, -0.1) is 0 Å².